The number of amides is 2. The monoisotopic (exact) mass is 463 g/mol. The van der Waals surface area contributed by atoms with Gasteiger partial charge < -0.3 is 15.4 Å². The number of ether oxygens (including phenoxy) is 1. The highest BCUT2D eigenvalue weighted by molar-refractivity contribution is 5.94. The van der Waals surface area contributed by atoms with Crippen LogP contribution in [0.15, 0.2) is 48.5 Å². The number of aryl methyl sites for hydroxylation is 1. The van der Waals surface area contributed by atoms with Crippen LogP contribution in [0.25, 0.3) is 0 Å². The Morgan fingerprint density at radius 1 is 1.09 bits per heavy atom. The molecular formula is C24H28F3N3O3. The summed E-state index contributed by atoms with van der Waals surface area (Å²) in [5, 5.41) is 4.72. The summed E-state index contributed by atoms with van der Waals surface area (Å²) in [6, 6.07) is 14.4. The Morgan fingerprint density at radius 3 is 2.45 bits per heavy atom. The van der Waals surface area contributed by atoms with Crippen molar-refractivity contribution in [3.8, 4) is 5.75 Å². The minimum absolute atomic E-state index is 0.0992. The van der Waals surface area contributed by atoms with E-state index in [0.29, 0.717) is 25.7 Å². The van der Waals surface area contributed by atoms with Crippen LogP contribution in [0.2, 0.25) is 0 Å². The highest BCUT2D eigenvalue weighted by Gasteiger charge is 2.30. The average Bonchev–Trinajstić information content (AvgIpc) is 3.60. The number of hydrogen-bond donors (Lipinski definition) is 2. The van der Waals surface area contributed by atoms with Gasteiger partial charge in [-0.2, -0.15) is 13.2 Å². The van der Waals surface area contributed by atoms with E-state index in [1.54, 1.807) is 12.1 Å². The molecule has 0 atom stereocenters. The summed E-state index contributed by atoms with van der Waals surface area (Å²) >= 11 is 0. The molecule has 1 saturated carbocycles. The Bertz CT molecular complexity index is 944. The van der Waals surface area contributed by atoms with Gasteiger partial charge in [0, 0.05) is 18.2 Å². The summed E-state index contributed by atoms with van der Waals surface area (Å²) in [5.41, 5.74) is 2.14. The van der Waals surface area contributed by atoms with Crippen LogP contribution in [0.1, 0.15) is 34.3 Å². The van der Waals surface area contributed by atoms with Gasteiger partial charge in [0.05, 0.1) is 13.1 Å². The van der Waals surface area contributed by atoms with Crippen LogP contribution >= 0.6 is 0 Å². The first kappa shape index (κ1) is 24.6. The Kier molecular flexibility index (Phi) is 8.32. The lowest BCUT2D eigenvalue weighted by atomic mass is 10.1. The highest BCUT2D eigenvalue weighted by Crippen LogP contribution is 2.28. The van der Waals surface area contributed by atoms with Gasteiger partial charge in [-0.1, -0.05) is 24.3 Å². The van der Waals surface area contributed by atoms with E-state index in [9.17, 15) is 22.8 Å². The van der Waals surface area contributed by atoms with E-state index in [4.69, 9.17) is 4.74 Å². The molecule has 178 valence electrons. The van der Waals surface area contributed by atoms with E-state index in [0.717, 1.165) is 29.7 Å². The predicted molar refractivity (Wildman–Crippen MR) is 118 cm³/mol. The zero-order valence-electron chi connectivity index (χ0n) is 18.5. The number of nitrogens with zero attached hydrogens (tertiary/aromatic N) is 1. The summed E-state index contributed by atoms with van der Waals surface area (Å²) < 4.78 is 42.4. The molecule has 0 aromatic heterocycles. The fourth-order valence-electron chi connectivity index (χ4n) is 3.34. The zero-order valence-corrected chi connectivity index (χ0v) is 18.5. The molecule has 0 heterocycles. The summed E-state index contributed by atoms with van der Waals surface area (Å²) in [6.45, 7) is 2.14. The van der Waals surface area contributed by atoms with Gasteiger partial charge in [0.2, 0.25) is 5.91 Å². The topological polar surface area (TPSA) is 70.7 Å². The molecule has 3 rings (SSSR count). The molecule has 1 aliphatic carbocycles. The fraction of sp³-hybridized carbons (Fsp3) is 0.417. The van der Waals surface area contributed by atoms with Crippen LogP contribution in [0.4, 0.5) is 13.2 Å². The number of carbonyl (C=O) groups is 2. The lowest BCUT2D eigenvalue weighted by Crippen LogP contribution is -2.39. The van der Waals surface area contributed by atoms with E-state index in [-0.39, 0.29) is 18.0 Å². The molecular weight excluding hydrogens is 435 g/mol. The first-order chi connectivity index (χ1) is 15.7. The summed E-state index contributed by atoms with van der Waals surface area (Å²) in [4.78, 5) is 26.3. The van der Waals surface area contributed by atoms with Crippen LogP contribution in [0, 0.1) is 6.92 Å². The molecule has 1 fully saturated rings. The van der Waals surface area contributed by atoms with Crippen LogP contribution in [-0.2, 0) is 11.3 Å². The van der Waals surface area contributed by atoms with Crippen molar-refractivity contribution in [3.63, 3.8) is 0 Å². The molecule has 0 aliphatic heterocycles. The van der Waals surface area contributed by atoms with E-state index in [1.807, 2.05) is 36.5 Å². The molecule has 2 amide bonds. The second kappa shape index (κ2) is 11.2. The van der Waals surface area contributed by atoms with Gasteiger partial charge in [0.1, 0.15) is 18.9 Å². The largest absolute Gasteiger partial charge is 0.492 e. The molecule has 33 heavy (non-hydrogen) atoms. The van der Waals surface area contributed by atoms with Crippen LogP contribution in [0.5, 0.6) is 5.75 Å². The van der Waals surface area contributed by atoms with Crippen LogP contribution in [0.3, 0.4) is 0 Å². The second-order valence-electron chi connectivity index (χ2n) is 8.15. The molecule has 9 heteroatoms. The summed E-state index contributed by atoms with van der Waals surface area (Å²) in [5.74, 6) is -0.109. The molecule has 2 aromatic carbocycles. The van der Waals surface area contributed by atoms with Crippen molar-refractivity contribution in [1.82, 2.24) is 15.5 Å². The normalized spacial score (nSPS) is 13.6. The van der Waals surface area contributed by atoms with E-state index < -0.39 is 18.6 Å². The lowest BCUT2D eigenvalue weighted by Gasteiger charge is -2.21. The van der Waals surface area contributed by atoms with Crippen LogP contribution in [-0.4, -0.2) is 55.2 Å². The highest BCUT2D eigenvalue weighted by atomic mass is 19.4. The Hall–Kier alpha value is -3.07. The van der Waals surface area contributed by atoms with Gasteiger partial charge in [-0.15, -0.1) is 0 Å². The molecule has 0 saturated heterocycles. The van der Waals surface area contributed by atoms with Crippen molar-refractivity contribution >= 4 is 11.8 Å². The third kappa shape index (κ3) is 8.76. The second-order valence-corrected chi connectivity index (χ2v) is 8.15. The Labute approximate surface area is 191 Å². The molecule has 0 spiro atoms. The minimum atomic E-state index is -4.45. The molecule has 0 unspecified atom stereocenters. The third-order valence-electron chi connectivity index (χ3n) is 5.14. The van der Waals surface area contributed by atoms with Crippen molar-refractivity contribution in [2.24, 2.45) is 0 Å². The lowest BCUT2D eigenvalue weighted by molar-refractivity contribution is -0.123. The van der Waals surface area contributed by atoms with Gasteiger partial charge in [-0.3, -0.25) is 14.5 Å². The van der Waals surface area contributed by atoms with E-state index >= 15 is 0 Å². The maximum absolute atomic E-state index is 12.4. The van der Waals surface area contributed by atoms with Gasteiger partial charge >= 0.3 is 6.18 Å². The number of halogens is 3. The van der Waals surface area contributed by atoms with Crippen molar-refractivity contribution in [2.45, 2.75) is 38.5 Å². The SMILES string of the molecule is Cc1cccc(OCCNC(=O)CN(Cc2ccc(C(=O)NCC(F)(F)F)cc2)C2CC2)c1. The molecule has 2 aromatic rings. The number of alkyl halides is 3. The minimum Gasteiger partial charge on any atom is -0.492 e. The summed E-state index contributed by atoms with van der Waals surface area (Å²) in [7, 11) is 0. The molecule has 2 N–H and O–H groups in total. The quantitative estimate of drug-likeness (QED) is 0.501. The van der Waals surface area contributed by atoms with Crippen molar-refractivity contribution in [1.29, 1.82) is 0 Å². The number of nitrogens with one attached hydrogen (secondary N) is 2. The smallest absolute Gasteiger partial charge is 0.405 e. The Balaban J connectivity index is 1.43. The maximum atomic E-state index is 12.4. The van der Waals surface area contributed by atoms with Gasteiger partial charge in [-0.25, -0.2) is 0 Å². The number of carbonyl (C=O) groups excluding carboxylic acids is 2. The van der Waals surface area contributed by atoms with E-state index in [1.165, 1.54) is 12.1 Å². The van der Waals surface area contributed by atoms with Gasteiger partial charge in [-0.05, 0) is 55.2 Å². The average molecular weight is 464 g/mol. The molecule has 1 aliphatic rings. The van der Waals surface area contributed by atoms with Gasteiger partial charge in [0.15, 0.2) is 0 Å². The summed E-state index contributed by atoms with van der Waals surface area (Å²) in [6.07, 6.45) is -2.42. The Morgan fingerprint density at radius 2 is 1.82 bits per heavy atom. The zero-order chi connectivity index (χ0) is 23.8. The first-order valence-corrected chi connectivity index (χ1v) is 10.8. The van der Waals surface area contributed by atoms with Crippen molar-refractivity contribution in [3.05, 3.63) is 65.2 Å². The van der Waals surface area contributed by atoms with Crippen LogP contribution < -0.4 is 15.4 Å². The first-order valence-electron chi connectivity index (χ1n) is 10.8. The number of hydrogen-bond acceptors (Lipinski definition) is 4. The van der Waals surface area contributed by atoms with Gasteiger partial charge in [0.25, 0.3) is 5.91 Å². The molecule has 6 nitrogen and oxygen atoms in total. The van der Waals surface area contributed by atoms with Crippen molar-refractivity contribution < 1.29 is 27.5 Å². The fourth-order valence-corrected chi connectivity index (χ4v) is 3.34. The third-order valence-corrected chi connectivity index (χ3v) is 5.14. The number of rotatable bonds is 11. The predicted octanol–water partition coefficient (Wildman–Crippen LogP) is 3.45. The van der Waals surface area contributed by atoms with Crippen molar-refractivity contribution in [2.75, 3.05) is 26.2 Å². The standard InChI is InChI=1S/C24H28F3N3O3/c1-17-3-2-4-21(13-17)33-12-11-28-22(31)15-30(20-9-10-20)14-18-5-7-19(8-6-18)23(32)29-16-24(25,26)27/h2-8,13,20H,9-12,14-16H2,1H3,(H,28,31)(H,29,32). The maximum Gasteiger partial charge on any atom is 0.405 e. The molecule has 0 bridgehead atoms. The van der Waals surface area contributed by atoms with E-state index in [2.05, 4.69) is 10.2 Å². The number of benzene rings is 2. The molecule has 0 radical (unpaired) electrons.